The minimum atomic E-state index is -0.843. The van der Waals surface area contributed by atoms with E-state index in [1.807, 2.05) is 0 Å². The molecule has 2 rings (SSSR count). The van der Waals surface area contributed by atoms with Gasteiger partial charge in [0.2, 0.25) is 5.91 Å². The molecule has 0 aliphatic carbocycles. The van der Waals surface area contributed by atoms with Crippen molar-refractivity contribution in [2.24, 2.45) is 0 Å². The lowest BCUT2D eigenvalue weighted by Gasteiger charge is -2.16. The maximum atomic E-state index is 12.4. The Morgan fingerprint density at radius 2 is 2.04 bits per heavy atom. The first kappa shape index (κ1) is 20.5. The second kappa shape index (κ2) is 8.73. The number of anilines is 2. The zero-order valence-corrected chi connectivity index (χ0v) is 16.4. The summed E-state index contributed by atoms with van der Waals surface area (Å²) in [6.07, 6.45) is 1.54. The van der Waals surface area contributed by atoms with Gasteiger partial charge in [0.05, 0.1) is 13.1 Å². The van der Waals surface area contributed by atoms with E-state index in [1.54, 1.807) is 32.3 Å². The fraction of sp³-hybridized carbons (Fsp3) is 0.312. The summed E-state index contributed by atoms with van der Waals surface area (Å²) in [6.45, 7) is 1.54. The van der Waals surface area contributed by atoms with Crippen molar-refractivity contribution in [2.75, 3.05) is 31.2 Å². The van der Waals surface area contributed by atoms with Gasteiger partial charge in [-0.1, -0.05) is 0 Å². The molecule has 0 fully saturated rings. The summed E-state index contributed by atoms with van der Waals surface area (Å²) in [7, 11) is 1.55. The van der Waals surface area contributed by atoms with E-state index in [9.17, 15) is 19.2 Å². The quantitative estimate of drug-likeness (QED) is 0.518. The molecule has 0 aliphatic heterocycles. The Morgan fingerprint density at radius 1 is 1.33 bits per heavy atom. The van der Waals surface area contributed by atoms with Crippen LogP contribution in [-0.4, -0.2) is 51.3 Å². The molecule has 2 aromatic rings. The molecule has 0 atom stereocenters. The molecule has 2 heterocycles. The van der Waals surface area contributed by atoms with Gasteiger partial charge in [-0.05, 0) is 42.0 Å². The molecule has 2 aromatic heterocycles. The first-order chi connectivity index (χ1) is 12.7. The number of halogens is 1. The number of pyridine rings is 1. The minimum Gasteiger partial charge on any atom is -0.384 e. The predicted octanol–water partition coefficient (Wildman–Crippen LogP) is 0.0494. The molecular weight excluding hydrogens is 420 g/mol. The molecule has 0 aliphatic rings. The molecule has 11 heteroatoms. The number of nitrogens with one attached hydrogen (secondary N) is 2. The third-order valence-corrected chi connectivity index (χ3v) is 4.13. The van der Waals surface area contributed by atoms with Gasteiger partial charge in [-0.25, -0.2) is 9.78 Å². The molecule has 1 amide bonds. The van der Waals surface area contributed by atoms with E-state index >= 15 is 0 Å². The summed E-state index contributed by atoms with van der Waals surface area (Å²) >= 11 is 3.25. The largest absolute Gasteiger partial charge is 0.384 e. The number of Topliss-reactive ketones (excluding diaryl/α,β-unsaturated/α-hetero) is 1. The summed E-state index contributed by atoms with van der Waals surface area (Å²) in [5.41, 5.74) is 3.99. The van der Waals surface area contributed by atoms with Crippen molar-refractivity contribution in [3.8, 4) is 0 Å². The number of rotatable bonds is 7. The molecule has 10 nitrogen and oxygen atoms in total. The van der Waals surface area contributed by atoms with Crippen LogP contribution in [0.5, 0.6) is 0 Å². The van der Waals surface area contributed by atoms with Crippen LogP contribution in [0.2, 0.25) is 0 Å². The van der Waals surface area contributed by atoms with Gasteiger partial charge in [0, 0.05) is 17.2 Å². The third kappa shape index (κ3) is 5.11. The first-order valence-electron chi connectivity index (χ1n) is 7.98. The molecule has 0 radical (unpaired) electrons. The Balaban J connectivity index is 2.05. The van der Waals surface area contributed by atoms with Crippen molar-refractivity contribution in [3.63, 3.8) is 0 Å². The van der Waals surface area contributed by atoms with Gasteiger partial charge in [0.1, 0.15) is 17.2 Å². The van der Waals surface area contributed by atoms with Gasteiger partial charge in [-0.3, -0.25) is 28.8 Å². The molecule has 4 N–H and O–H groups in total. The van der Waals surface area contributed by atoms with Gasteiger partial charge < -0.3 is 11.1 Å². The van der Waals surface area contributed by atoms with Crippen LogP contribution < -0.4 is 22.3 Å². The summed E-state index contributed by atoms with van der Waals surface area (Å²) in [5, 5.41) is 2.60. The molecule has 0 saturated heterocycles. The van der Waals surface area contributed by atoms with Crippen LogP contribution in [0.4, 0.5) is 11.6 Å². The van der Waals surface area contributed by atoms with Gasteiger partial charge in [0.25, 0.3) is 5.56 Å². The van der Waals surface area contributed by atoms with Crippen LogP contribution in [0, 0.1) is 0 Å². The van der Waals surface area contributed by atoms with Crippen molar-refractivity contribution < 1.29 is 9.59 Å². The monoisotopic (exact) mass is 438 g/mol. The molecule has 0 unspecified atom stereocenters. The SMILES string of the molecule is CCn1c(N)c(C(=O)CN(C)CC(=O)Nc2ccc(Br)cn2)c(=O)[nH]c1=O. The fourth-order valence-electron chi connectivity index (χ4n) is 2.43. The number of carbonyl (C=O) groups excluding carboxylic acids is 2. The van der Waals surface area contributed by atoms with Gasteiger partial charge in [-0.15, -0.1) is 0 Å². The number of likely N-dealkylation sites (N-methyl/N-ethyl adjacent to an activating group) is 1. The number of nitrogens with zero attached hydrogens (tertiary/aromatic N) is 3. The van der Waals surface area contributed by atoms with Crippen molar-refractivity contribution >= 4 is 39.3 Å². The van der Waals surface area contributed by atoms with E-state index in [1.165, 1.54) is 4.90 Å². The lowest BCUT2D eigenvalue weighted by atomic mass is 10.2. The average molecular weight is 439 g/mol. The first-order valence-corrected chi connectivity index (χ1v) is 8.78. The highest BCUT2D eigenvalue weighted by molar-refractivity contribution is 9.10. The number of hydrogen-bond donors (Lipinski definition) is 3. The van der Waals surface area contributed by atoms with Crippen LogP contribution in [0.25, 0.3) is 0 Å². The van der Waals surface area contributed by atoms with E-state index < -0.39 is 17.0 Å². The van der Waals surface area contributed by atoms with E-state index in [0.717, 1.165) is 9.04 Å². The smallest absolute Gasteiger partial charge is 0.329 e. The molecule has 0 spiro atoms. The summed E-state index contributed by atoms with van der Waals surface area (Å²) in [5.74, 6) is -0.777. The second-order valence-corrected chi connectivity index (χ2v) is 6.68. The average Bonchev–Trinajstić information content (AvgIpc) is 2.56. The van der Waals surface area contributed by atoms with Crippen molar-refractivity contribution in [1.29, 1.82) is 0 Å². The maximum Gasteiger partial charge on any atom is 0.329 e. The zero-order chi connectivity index (χ0) is 20.1. The highest BCUT2D eigenvalue weighted by atomic mass is 79.9. The molecule has 27 heavy (non-hydrogen) atoms. The number of H-pyrrole nitrogens is 1. The predicted molar refractivity (Wildman–Crippen MR) is 104 cm³/mol. The van der Waals surface area contributed by atoms with Crippen molar-refractivity contribution in [2.45, 2.75) is 13.5 Å². The fourth-order valence-corrected chi connectivity index (χ4v) is 2.66. The lowest BCUT2D eigenvalue weighted by Crippen LogP contribution is -2.39. The topological polar surface area (TPSA) is 143 Å². The number of ketones is 1. The summed E-state index contributed by atoms with van der Waals surface area (Å²) in [6, 6.07) is 3.36. The van der Waals surface area contributed by atoms with Crippen LogP contribution in [0.1, 0.15) is 17.3 Å². The lowest BCUT2D eigenvalue weighted by molar-refractivity contribution is -0.116. The van der Waals surface area contributed by atoms with E-state index in [4.69, 9.17) is 5.73 Å². The standard InChI is InChI=1S/C16H19BrN6O4/c1-3-23-14(18)13(15(26)21-16(23)27)10(24)7-22(2)8-12(25)20-11-5-4-9(17)6-19-11/h4-6H,3,7-8,18H2,1-2H3,(H,19,20,25)(H,21,26,27). The van der Waals surface area contributed by atoms with Gasteiger partial charge in [0.15, 0.2) is 5.78 Å². The Hall–Kier alpha value is -2.79. The molecule has 0 saturated carbocycles. The van der Waals surface area contributed by atoms with Crippen LogP contribution in [0.3, 0.4) is 0 Å². The number of amides is 1. The Labute approximate surface area is 162 Å². The van der Waals surface area contributed by atoms with Crippen LogP contribution >= 0.6 is 15.9 Å². The number of nitrogen functional groups attached to an aromatic ring is 1. The summed E-state index contributed by atoms with van der Waals surface area (Å²) < 4.78 is 1.88. The Bertz CT molecular complexity index is 966. The number of aromatic amines is 1. The number of nitrogens with two attached hydrogens (primary N) is 1. The van der Waals surface area contributed by atoms with Crippen LogP contribution in [-0.2, 0) is 11.3 Å². The number of aromatic nitrogens is 3. The number of hydrogen-bond acceptors (Lipinski definition) is 7. The van der Waals surface area contributed by atoms with E-state index in [0.29, 0.717) is 5.82 Å². The molecular formula is C16H19BrN6O4. The third-order valence-electron chi connectivity index (χ3n) is 3.66. The summed E-state index contributed by atoms with van der Waals surface area (Å²) in [4.78, 5) is 55.7. The Morgan fingerprint density at radius 3 is 2.63 bits per heavy atom. The molecule has 0 bridgehead atoms. The minimum absolute atomic E-state index is 0.102. The van der Waals surface area contributed by atoms with Crippen molar-refractivity contribution in [3.05, 3.63) is 49.2 Å². The zero-order valence-electron chi connectivity index (χ0n) is 14.8. The van der Waals surface area contributed by atoms with E-state index in [-0.39, 0.29) is 36.9 Å². The normalized spacial score (nSPS) is 10.8. The highest BCUT2D eigenvalue weighted by Gasteiger charge is 2.21. The van der Waals surface area contributed by atoms with Crippen LogP contribution in [0.15, 0.2) is 32.4 Å². The Kier molecular flexibility index (Phi) is 6.64. The highest BCUT2D eigenvalue weighted by Crippen LogP contribution is 2.10. The van der Waals surface area contributed by atoms with Gasteiger partial charge >= 0.3 is 5.69 Å². The maximum absolute atomic E-state index is 12.4. The molecule has 144 valence electrons. The van der Waals surface area contributed by atoms with Crippen molar-refractivity contribution in [1.82, 2.24) is 19.4 Å². The van der Waals surface area contributed by atoms with Gasteiger partial charge in [-0.2, -0.15) is 0 Å². The van der Waals surface area contributed by atoms with E-state index in [2.05, 4.69) is 31.2 Å². The molecule has 0 aromatic carbocycles. The second-order valence-electron chi connectivity index (χ2n) is 5.77. The number of carbonyl (C=O) groups is 2.